The van der Waals surface area contributed by atoms with Gasteiger partial charge < -0.3 is 14.2 Å². The van der Waals surface area contributed by atoms with Crippen LogP contribution < -0.4 is 14.2 Å². The number of methoxy groups -OCH3 is 2. The van der Waals surface area contributed by atoms with Gasteiger partial charge in [0.05, 0.1) is 29.9 Å². The summed E-state index contributed by atoms with van der Waals surface area (Å²) in [6.45, 7) is 1.73. The molecule has 2 aromatic rings. The molecule has 1 unspecified atom stereocenters. The molecule has 1 aliphatic heterocycles. The summed E-state index contributed by atoms with van der Waals surface area (Å²) < 4.78 is 30.2. The second kappa shape index (κ2) is 8.13. The number of carbonyl (C=O) groups excluding carboxylic acids is 2. The van der Waals surface area contributed by atoms with Gasteiger partial charge in [-0.25, -0.2) is 0 Å². The highest BCUT2D eigenvalue weighted by Gasteiger charge is 2.61. The van der Waals surface area contributed by atoms with Crippen LogP contribution in [-0.4, -0.2) is 41.3 Å². The number of hydrogen-bond acceptors (Lipinski definition) is 6. The Balaban J connectivity index is 2.02. The molecule has 2 aromatic carbocycles. The standard InChI is InChI=1S/C23H21ClO6S/c1-4-31(27)18-11-14(25)10-15(13-8-6-5-7-9-13)23(18)22(26)19-16(28-2)12-17(29-3)20(24)21(19)30-23/h5-9,11-12,15H,4,10H2,1-3H3/t15-,23-,31?/m0/s1. The first kappa shape index (κ1) is 21.6. The zero-order valence-electron chi connectivity index (χ0n) is 17.3. The first-order valence-corrected chi connectivity index (χ1v) is 11.4. The third-order valence-corrected chi connectivity index (χ3v) is 7.48. The molecule has 1 heterocycles. The van der Waals surface area contributed by atoms with Gasteiger partial charge in [-0.05, 0) is 11.6 Å². The Labute approximate surface area is 187 Å². The highest BCUT2D eigenvalue weighted by Crippen LogP contribution is 2.57. The lowest BCUT2D eigenvalue weighted by molar-refractivity contribution is -0.116. The van der Waals surface area contributed by atoms with Crippen molar-refractivity contribution >= 4 is 34.0 Å². The molecule has 3 atom stereocenters. The molecular weight excluding hydrogens is 440 g/mol. The minimum Gasteiger partial charge on any atom is -0.496 e. The van der Waals surface area contributed by atoms with Crippen LogP contribution in [0, 0.1) is 0 Å². The molecule has 0 saturated carbocycles. The van der Waals surface area contributed by atoms with E-state index in [-0.39, 0.29) is 50.7 Å². The van der Waals surface area contributed by atoms with Crippen LogP contribution in [0.5, 0.6) is 17.2 Å². The van der Waals surface area contributed by atoms with Gasteiger partial charge in [0, 0.05) is 24.2 Å². The maximum Gasteiger partial charge on any atom is 0.219 e. The molecule has 0 amide bonds. The predicted molar refractivity (Wildman–Crippen MR) is 118 cm³/mol. The van der Waals surface area contributed by atoms with Crippen molar-refractivity contribution in [1.29, 1.82) is 0 Å². The van der Waals surface area contributed by atoms with Gasteiger partial charge in [0.25, 0.3) is 0 Å². The van der Waals surface area contributed by atoms with Gasteiger partial charge in [0.2, 0.25) is 11.4 Å². The Kier molecular flexibility index (Phi) is 5.66. The number of ketones is 2. The average Bonchev–Trinajstić information content (AvgIpc) is 3.09. The summed E-state index contributed by atoms with van der Waals surface area (Å²) in [5, 5.41) is 0.119. The van der Waals surface area contributed by atoms with E-state index in [4.69, 9.17) is 25.8 Å². The van der Waals surface area contributed by atoms with Crippen LogP contribution in [0.2, 0.25) is 5.02 Å². The number of allylic oxidation sites excluding steroid dienone is 1. The van der Waals surface area contributed by atoms with Crippen molar-refractivity contribution in [2.45, 2.75) is 24.9 Å². The number of rotatable bonds is 5. The maximum absolute atomic E-state index is 14.0. The minimum atomic E-state index is -1.66. The number of fused-ring (bicyclic) bond motifs is 1. The van der Waals surface area contributed by atoms with E-state index in [9.17, 15) is 13.8 Å². The van der Waals surface area contributed by atoms with Gasteiger partial charge in [-0.3, -0.25) is 13.8 Å². The quantitative estimate of drug-likeness (QED) is 0.669. The molecular formula is C23H21ClO6S. The topological polar surface area (TPSA) is 78.9 Å². The SMILES string of the molecule is CCS(=O)C1=CC(=O)C[C@@H](c2ccccc2)[C@]12Oc1c(Cl)c(OC)cc(OC)c1C2=O. The van der Waals surface area contributed by atoms with E-state index < -0.39 is 28.1 Å². The summed E-state index contributed by atoms with van der Waals surface area (Å²) in [5.41, 5.74) is -0.776. The van der Waals surface area contributed by atoms with Crippen LogP contribution in [0.4, 0.5) is 0 Å². The Bertz CT molecular complexity index is 1130. The van der Waals surface area contributed by atoms with Crippen molar-refractivity contribution in [3.8, 4) is 17.2 Å². The van der Waals surface area contributed by atoms with Gasteiger partial charge >= 0.3 is 0 Å². The monoisotopic (exact) mass is 460 g/mol. The molecule has 0 saturated heterocycles. The molecule has 162 valence electrons. The summed E-state index contributed by atoms with van der Waals surface area (Å²) in [6.07, 6.45) is 1.33. The third-order valence-electron chi connectivity index (χ3n) is 5.68. The molecule has 8 heteroatoms. The summed E-state index contributed by atoms with van der Waals surface area (Å²) in [4.78, 5) is 26.8. The van der Waals surface area contributed by atoms with Crippen LogP contribution in [0.1, 0.15) is 35.2 Å². The second-order valence-corrected chi connectivity index (χ2v) is 9.33. The molecule has 2 aliphatic rings. The van der Waals surface area contributed by atoms with Gasteiger partial charge in [-0.1, -0.05) is 48.9 Å². The van der Waals surface area contributed by atoms with E-state index in [1.54, 1.807) is 6.92 Å². The van der Waals surface area contributed by atoms with Crippen molar-refractivity contribution in [3.05, 3.63) is 63.5 Å². The van der Waals surface area contributed by atoms with Crippen molar-refractivity contribution < 1.29 is 28.0 Å². The lowest BCUT2D eigenvalue weighted by atomic mass is 9.72. The highest BCUT2D eigenvalue weighted by molar-refractivity contribution is 7.89. The Morgan fingerprint density at radius 3 is 2.45 bits per heavy atom. The van der Waals surface area contributed by atoms with Gasteiger partial charge in [0.15, 0.2) is 11.5 Å². The van der Waals surface area contributed by atoms with Crippen molar-refractivity contribution in [3.63, 3.8) is 0 Å². The lowest BCUT2D eigenvalue weighted by Gasteiger charge is -2.39. The fourth-order valence-corrected chi connectivity index (χ4v) is 5.70. The fourth-order valence-electron chi connectivity index (χ4n) is 4.25. The molecule has 31 heavy (non-hydrogen) atoms. The smallest absolute Gasteiger partial charge is 0.219 e. The zero-order valence-corrected chi connectivity index (χ0v) is 18.8. The van der Waals surface area contributed by atoms with Crippen LogP contribution in [0.3, 0.4) is 0 Å². The largest absolute Gasteiger partial charge is 0.496 e. The molecule has 4 rings (SSSR count). The zero-order chi connectivity index (χ0) is 22.3. The number of Topliss-reactive ketones (excluding diaryl/α,β-unsaturated/α-hetero) is 1. The molecule has 0 bridgehead atoms. The Morgan fingerprint density at radius 1 is 1.16 bits per heavy atom. The van der Waals surface area contributed by atoms with Crippen LogP contribution in [0.15, 0.2) is 47.4 Å². The van der Waals surface area contributed by atoms with E-state index in [1.807, 2.05) is 30.3 Å². The average molecular weight is 461 g/mol. The summed E-state index contributed by atoms with van der Waals surface area (Å²) in [7, 11) is 1.27. The second-order valence-electron chi connectivity index (χ2n) is 7.24. The normalized spacial score (nSPS) is 23.2. The van der Waals surface area contributed by atoms with E-state index in [1.165, 1.54) is 26.4 Å². The van der Waals surface area contributed by atoms with Crippen LogP contribution >= 0.6 is 11.6 Å². The minimum absolute atomic E-state index is 0.0330. The van der Waals surface area contributed by atoms with Gasteiger partial charge in [-0.2, -0.15) is 0 Å². The number of benzene rings is 2. The summed E-state index contributed by atoms with van der Waals surface area (Å²) >= 11 is 6.51. The van der Waals surface area contributed by atoms with E-state index in [0.29, 0.717) is 0 Å². The first-order chi connectivity index (χ1) is 14.9. The summed E-state index contributed by atoms with van der Waals surface area (Å²) in [6, 6.07) is 10.7. The first-order valence-electron chi connectivity index (χ1n) is 9.75. The van der Waals surface area contributed by atoms with Crippen LogP contribution in [0.25, 0.3) is 0 Å². The van der Waals surface area contributed by atoms with Crippen LogP contribution in [-0.2, 0) is 15.6 Å². The summed E-state index contributed by atoms with van der Waals surface area (Å²) in [5.74, 6) is -0.460. The number of hydrogen-bond donors (Lipinski definition) is 0. The van der Waals surface area contributed by atoms with Gasteiger partial charge in [-0.15, -0.1) is 0 Å². The van der Waals surface area contributed by atoms with Crippen molar-refractivity contribution in [2.24, 2.45) is 0 Å². The fraction of sp³-hybridized carbons (Fsp3) is 0.304. The van der Waals surface area contributed by atoms with E-state index in [0.717, 1.165) is 5.56 Å². The van der Waals surface area contributed by atoms with Gasteiger partial charge in [0.1, 0.15) is 22.1 Å². The number of ether oxygens (including phenoxy) is 3. The number of carbonyl (C=O) groups is 2. The van der Waals surface area contributed by atoms with Crippen molar-refractivity contribution in [1.82, 2.24) is 0 Å². The third kappa shape index (κ3) is 3.18. The molecule has 0 fully saturated rings. The molecule has 1 aliphatic carbocycles. The molecule has 0 radical (unpaired) electrons. The Hall–Kier alpha value is -2.64. The molecule has 6 nitrogen and oxygen atoms in total. The molecule has 1 spiro atoms. The molecule has 0 N–H and O–H groups in total. The lowest BCUT2D eigenvalue weighted by Crippen LogP contribution is -2.52. The maximum atomic E-state index is 14.0. The van der Waals surface area contributed by atoms with Crippen molar-refractivity contribution in [2.75, 3.05) is 20.0 Å². The Morgan fingerprint density at radius 2 is 1.84 bits per heavy atom. The van der Waals surface area contributed by atoms with E-state index in [2.05, 4.69) is 0 Å². The van der Waals surface area contributed by atoms with E-state index >= 15 is 0 Å². The highest BCUT2D eigenvalue weighted by atomic mass is 35.5. The number of halogens is 1. The predicted octanol–water partition coefficient (Wildman–Crippen LogP) is 4.08. The molecule has 0 aromatic heterocycles.